The molecular formula is C9H6ClNOS. The van der Waals surface area contributed by atoms with Crippen molar-refractivity contribution in [3.8, 4) is 0 Å². The fraction of sp³-hybridized carbons (Fsp3) is 0. The van der Waals surface area contributed by atoms with E-state index >= 15 is 0 Å². The summed E-state index contributed by atoms with van der Waals surface area (Å²) in [5.74, 6) is 0. The Balaban J connectivity index is 2.73. The minimum atomic E-state index is 0.651. The number of rotatable bonds is 1. The summed E-state index contributed by atoms with van der Waals surface area (Å²) in [6.45, 7) is 0. The standard InChI is InChI=1S/C9H6ClNOS/c10-9-6-3-1-2-4-7(6)13-8(9)5-11-12/h1-5,12H. The Bertz CT molecular complexity index is 464. The lowest BCUT2D eigenvalue weighted by Gasteiger charge is -1.86. The second-order valence-electron chi connectivity index (χ2n) is 2.52. The summed E-state index contributed by atoms with van der Waals surface area (Å²) < 4.78 is 1.10. The summed E-state index contributed by atoms with van der Waals surface area (Å²) >= 11 is 7.55. The lowest BCUT2D eigenvalue weighted by Crippen LogP contribution is -1.72. The molecule has 13 heavy (non-hydrogen) atoms. The van der Waals surface area contributed by atoms with E-state index < -0.39 is 0 Å². The third kappa shape index (κ3) is 1.41. The van der Waals surface area contributed by atoms with E-state index in [-0.39, 0.29) is 0 Å². The van der Waals surface area contributed by atoms with Crippen molar-refractivity contribution < 1.29 is 5.21 Å². The van der Waals surface area contributed by atoms with Gasteiger partial charge in [-0.05, 0) is 6.07 Å². The van der Waals surface area contributed by atoms with Crippen molar-refractivity contribution in [1.29, 1.82) is 0 Å². The molecule has 0 saturated heterocycles. The van der Waals surface area contributed by atoms with Crippen LogP contribution >= 0.6 is 22.9 Å². The van der Waals surface area contributed by atoms with Gasteiger partial charge in [0.05, 0.1) is 16.1 Å². The number of nitrogens with zero attached hydrogens (tertiary/aromatic N) is 1. The molecular weight excluding hydrogens is 206 g/mol. The maximum atomic E-state index is 8.39. The molecule has 1 N–H and O–H groups in total. The average Bonchev–Trinajstić information content (AvgIpc) is 2.46. The summed E-state index contributed by atoms with van der Waals surface area (Å²) in [4.78, 5) is 0.783. The van der Waals surface area contributed by atoms with Crippen molar-refractivity contribution in [2.75, 3.05) is 0 Å². The van der Waals surface area contributed by atoms with Crippen LogP contribution in [0.25, 0.3) is 10.1 Å². The molecule has 0 amide bonds. The van der Waals surface area contributed by atoms with Crippen LogP contribution in [0.3, 0.4) is 0 Å². The topological polar surface area (TPSA) is 32.6 Å². The van der Waals surface area contributed by atoms with E-state index in [0.717, 1.165) is 15.0 Å². The van der Waals surface area contributed by atoms with Crippen molar-refractivity contribution in [3.63, 3.8) is 0 Å². The van der Waals surface area contributed by atoms with Gasteiger partial charge in [0.15, 0.2) is 0 Å². The van der Waals surface area contributed by atoms with Gasteiger partial charge in [-0.25, -0.2) is 0 Å². The molecule has 0 atom stereocenters. The van der Waals surface area contributed by atoms with Crippen LogP contribution in [-0.4, -0.2) is 11.4 Å². The van der Waals surface area contributed by atoms with Gasteiger partial charge in [-0.15, -0.1) is 11.3 Å². The fourth-order valence-corrected chi connectivity index (χ4v) is 2.52. The SMILES string of the molecule is ON=Cc1sc2ccccc2c1Cl. The number of hydrogen-bond donors (Lipinski definition) is 1. The molecule has 0 spiro atoms. The Labute approximate surface area is 84.1 Å². The molecule has 0 bridgehead atoms. The van der Waals surface area contributed by atoms with E-state index in [9.17, 15) is 0 Å². The zero-order chi connectivity index (χ0) is 9.26. The minimum Gasteiger partial charge on any atom is -0.411 e. The first kappa shape index (κ1) is 8.53. The maximum Gasteiger partial charge on any atom is 0.0849 e. The van der Waals surface area contributed by atoms with Gasteiger partial charge in [0.2, 0.25) is 0 Å². The summed E-state index contributed by atoms with van der Waals surface area (Å²) in [5.41, 5.74) is 0. The molecule has 0 unspecified atom stereocenters. The highest BCUT2D eigenvalue weighted by atomic mass is 35.5. The van der Waals surface area contributed by atoms with Crippen LogP contribution in [0.2, 0.25) is 5.02 Å². The highest BCUT2D eigenvalue weighted by Gasteiger charge is 2.06. The molecule has 0 aliphatic heterocycles. The monoisotopic (exact) mass is 211 g/mol. The Morgan fingerprint density at radius 2 is 2.15 bits per heavy atom. The third-order valence-electron chi connectivity index (χ3n) is 1.73. The van der Waals surface area contributed by atoms with Gasteiger partial charge >= 0.3 is 0 Å². The molecule has 0 aliphatic carbocycles. The lowest BCUT2D eigenvalue weighted by molar-refractivity contribution is 0.322. The number of halogens is 1. The zero-order valence-corrected chi connectivity index (χ0v) is 8.14. The van der Waals surface area contributed by atoms with E-state index in [1.54, 1.807) is 0 Å². The molecule has 0 radical (unpaired) electrons. The van der Waals surface area contributed by atoms with Crippen LogP contribution in [-0.2, 0) is 0 Å². The molecule has 0 aliphatic rings. The zero-order valence-electron chi connectivity index (χ0n) is 6.57. The van der Waals surface area contributed by atoms with Crippen LogP contribution < -0.4 is 0 Å². The molecule has 0 fully saturated rings. The fourth-order valence-electron chi connectivity index (χ4n) is 1.17. The van der Waals surface area contributed by atoms with Crippen molar-refractivity contribution in [3.05, 3.63) is 34.2 Å². The molecule has 4 heteroatoms. The number of benzene rings is 1. The van der Waals surface area contributed by atoms with Crippen LogP contribution in [0.5, 0.6) is 0 Å². The summed E-state index contributed by atoms with van der Waals surface area (Å²) in [7, 11) is 0. The minimum absolute atomic E-state index is 0.651. The highest BCUT2D eigenvalue weighted by Crippen LogP contribution is 2.33. The number of fused-ring (bicyclic) bond motifs is 1. The molecule has 1 aromatic carbocycles. The van der Waals surface area contributed by atoms with E-state index in [2.05, 4.69) is 5.16 Å². The average molecular weight is 212 g/mol. The van der Waals surface area contributed by atoms with Crippen molar-refractivity contribution in [1.82, 2.24) is 0 Å². The van der Waals surface area contributed by atoms with Crippen molar-refractivity contribution >= 4 is 39.2 Å². The van der Waals surface area contributed by atoms with Gasteiger partial charge in [-0.3, -0.25) is 0 Å². The maximum absolute atomic E-state index is 8.39. The lowest BCUT2D eigenvalue weighted by atomic mass is 10.2. The number of oxime groups is 1. The Morgan fingerprint density at radius 1 is 1.38 bits per heavy atom. The van der Waals surface area contributed by atoms with E-state index in [1.807, 2.05) is 24.3 Å². The van der Waals surface area contributed by atoms with Crippen molar-refractivity contribution in [2.24, 2.45) is 5.16 Å². The molecule has 2 rings (SSSR count). The molecule has 2 aromatic rings. The van der Waals surface area contributed by atoms with Gasteiger partial charge in [0, 0.05) is 10.1 Å². The molecule has 66 valence electrons. The van der Waals surface area contributed by atoms with Gasteiger partial charge in [-0.1, -0.05) is 35.0 Å². The van der Waals surface area contributed by atoms with Gasteiger partial charge < -0.3 is 5.21 Å². The van der Waals surface area contributed by atoms with Crippen LogP contribution in [0.1, 0.15) is 4.88 Å². The largest absolute Gasteiger partial charge is 0.411 e. The van der Waals surface area contributed by atoms with Crippen LogP contribution in [0.4, 0.5) is 0 Å². The second kappa shape index (κ2) is 3.36. The smallest absolute Gasteiger partial charge is 0.0849 e. The Morgan fingerprint density at radius 3 is 2.85 bits per heavy atom. The van der Waals surface area contributed by atoms with Crippen LogP contribution in [0.15, 0.2) is 29.4 Å². The van der Waals surface area contributed by atoms with E-state index in [0.29, 0.717) is 5.02 Å². The highest BCUT2D eigenvalue weighted by molar-refractivity contribution is 7.21. The van der Waals surface area contributed by atoms with Gasteiger partial charge in [0.25, 0.3) is 0 Å². The Hall–Kier alpha value is -1.06. The van der Waals surface area contributed by atoms with Gasteiger partial charge in [-0.2, -0.15) is 0 Å². The summed E-state index contributed by atoms with van der Waals surface area (Å²) in [6, 6.07) is 7.82. The molecule has 1 heterocycles. The van der Waals surface area contributed by atoms with E-state index in [1.165, 1.54) is 17.6 Å². The second-order valence-corrected chi connectivity index (χ2v) is 3.98. The first-order chi connectivity index (χ1) is 6.33. The third-order valence-corrected chi connectivity index (χ3v) is 3.36. The number of thiophene rings is 1. The summed E-state index contributed by atoms with van der Waals surface area (Å²) in [5, 5.41) is 13.0. The molecule has 1 aromatic heterocycles. The Kier molecular flexibility index (Phi) is 2.20. The quantitative estimate of drug-likeness (QED) is 0.438. The summed E-state index contributed by atoms with van der Waals surface area (Å²) in [6.07, 6.45) is 1.35. The predicted octanol–water partition coefficient (Wildman–Crippen LogP) is 3.36. The van der Waals surface area contributed by atoms with Crippen molar-refractivity contribution in [2.45, 2.75) is 0 Å². The van der Waals surface area contributed by atoms with Gasteiger partial charge in [0.1, 0.15) is 0 Å². The van der Waals surface area contributed by atoms with E-state index in [4.69, 9.17) is 16.8 Å². The van der Waals surface area contributed by atoms with Crippen LogP contribution in [0, 0.1) is 0 Å². The predicted molar refractivity (Wildman–Crippen MR) is 56.2 cm³/mol. The molecule has 0 saturated carbocycles. The number of hydrogen-bond acceptors (Lipinski definition) is 3. The first-order valence-corrected chi connectivity index (χ1v) is 4.87. The normalized spacial score (nSPS) is 11.5. The first-order valence-electron chi connectivity index (χ1n) is 3.67. The molecule has 2 nitrogen and oxygen atoms in total.